The highest BCUT2D eigenvalue weighted by atomic mass is 32.2. The SMILES string of the molecule is O=C(NCc1ccc(OC(F)(F)F)cc1)[C@H]1CN(c2cnc3cnccc3n2)CCN1S(=O)(=O)c1ccc(C(F)(F)F)cc1. The normalized spacial score (nSPS) is 16.6. The van der Waals surface area contributed by atoms with E-state index in [0.29, 0.717) is 34.5 Å². The van der Waals surface area contributed by atoms with Crippen LogP contribution in [0.4, 0.5) is 32.2 Å². The Morgan fingerprint density at radius 1 is 0.932 bits per heavy atom. The van der Waals surface area contributed by atoms with Crippen LogP contribution in [0.25, 0.3) is 11.0 Å². The predicted molar refractivity (Wildman–Crippen MR) is 144 cm³/mol. The number of fused-ring (bicyclic) bond motifs is 1. The van der Waals surface area contributed by atoms with Gasteiger partial charge in [0.2, 0.25) is 15.9 Å². The molecule has 1 aliphatic rings. The molecule has 1 aliphatic heterocycles. The molecule has 2 aromatic heterocycles. The number of anilines is 1. The second kappa shape index (κ2) is 11.9. The van der Waals surface area contributed by atoms with Gasteiger partial charge >= 0.3 is 12.5 Å². The molecule has 4 aromatic rings. The lowest BCUT2D eigenvalue weighted by Crippen LogP contribution is -2.60. The van der Waals surface area contributed by atoms with E-state index in [1.165, 1.54) is 30.7 Å². The van der Waals surface area contributed by atoms with Crippen LogP contribution in [0, 0.1) is 0 Å². The topological polar surface area (TPSA) is 118 Å². The van der Waals surface area contributed by atoms with Crippen molar-refractivity contribution in [2.24, 2.45) is 0 Å². The number of carbonyl (C=O) groups is 1. The van der Waals surface area contributed by atoms with E-state index in [0.717, 1.165) is 28.6 Å². The quantitative estimate of drug-likeness (QED) is 0.300. The summed E-state index contributed by atoms with van der Waals surface area (Å²) in [6.07, 6.45) is -5.07. The van der Waals surface area contributed by atoms with Gasteiger partial charge in [-0.25, -0.2) is 18.4 Å². The number of ether oxygens (including phenoxy) is 1. The summed E-state index contributed by atoms with van der Waals surface area (Å²) in [4.78, 5) is 27.5. The number of nitrogens with one attached hydrogen (secondary N) is 1. The standard InChI is InChI=1S/C27H22F6N6O4S/c28-26(29,30)18-3-7-20(8-4-18)44(41,42)39-12-11-38(24-15-35-22-14-34-10-9-21(22)37-24)16-23(39)25(40)36-13-17-1-5-19(6-2-17)43-27(31,32)33/h1-10,14-15,23H,11-13,16H2,(H,36,40)/t23-/m1/s1. The summed E-state index contributed by atoms with van der Waals surface area (Å²) in [6.45, 7) is -0.496. The second-order valence-corrected chi connectivity index (χ2v) is 11.5. The molecule has 0 saturated carbocycles. The number of sulfonamides is 1. The molecule has 1 N–H and O–H groups in total. The summed E-state index contributed by atoms with van der Waals surface area (Å²) in [5.74, 6) is -0.858. The summed E-state index contributed by atoms with van der Waals surface area (Å²) < 4.78 is 109. The highest BCUT2D eigenvalue weighted by Crippen LogP contribution is 2.31. The molecular weight excluding hydrogens is 618 g/mol. The fourth-order valence-corrected chi connectivity index (χ4v) is 6.12. The molecule has 1 atom stereocenters. The van der Waals surface area contributed by atoms with Crippen molar-refractivity contribution in [3.63, 3.8) is 0 Å². The maximum Gasteiger partial charge on any atom is 0.573 e. The minimum Gasteiger partial charge on any atom is -0.406 e. The molecule has 1 fully saturated rings. The van der Waals surface area contributed by atoms with Crippen LogP contribution in [0.3, 0.4) is 0 Å². The highest BCUT2D eigenvalue weighted by molar-refractivity contribution is 7.89. The van der Waals surface area contributed by atoms with E-state index in [-0.39, 0.29) is 26.2 Å². The maximum atomic E-state index is 13.6. The number of amides is 1. The molecule has 0 spiro atoms. The number of hydrogen-bond donors (Lipinski definition) is 1. The molecule has 1 saturated heterocycles. The summed E-state index contributed by atoms with van der Waals surface area (Å²) in [5, 5.41) is 2.59. The number of carbonyl (C=O) groups excluding carboxylic acids is 1. The van der Waals surface area contributed by atoms with Crippen molar-refractivity contribution in [3.8, 4) is 5.75 Å². The first-order valence-corrected chi connectivity index (χ1v) is 14.3. The van der Waals surface area contributed by atoms with E-state index in [4.69, 9.17) is 0 Å². The van der Waals surface area contributed by atoms with Gasteiger partial charge in [0.25, 0.3) is 0 Å². The molecule has 5 rings (SSSR count). The minimum absolute atomic E-state index is 0.0790. The molecule has 0 unspecified atom stereocenters. The molecule has 2 aromatic carbocycles. The van der Waals surface area contributed by atoms with Crippen molar-refractivity contribution in [2.75, 3.05) is 24.5 Å². The van der Waals surface area contributed by atoms with Crippen LogP contribution in [0.2, 0.25) is 0 Å². The van der Waals surface area contributed by atoms with E-state index in [1.807, 2.05) is 0 Å². The molecule has 0 aliphatic carbocycles. The van der Waals surface area contributed by atoms with Crippen molar-refractivity contribution in [1.82, 2.24) is 24.6 Å². The molecule has 44 heavy (non-hydrogen) atoms. The number of halogens is 6. The Hall–Kier alpha value is -4.51. The first-order chi connectivity index (χ1) is 20.7. The smallest absolute Gasteiger partial charge is 0.406 e. The summed E-state index contributed by atoms with van der Waals surface area (Å²) in [5.41, 5.74) is 0.385. The van der Waals surface area contributed by atoms with Crippen molar-refractivity contribution in [2.45, 2.75) is 30.0 Å². The second-order valence-electron chi connectivity index (χ2n) is 9.60. The van der Waals surface area contributed by atoms with Gasteiger partial charge in [0.05, 0.1) is 28.4 Å². The molecule has 17 heteroatoms. The van der Waals surface area contributed by atoms with Gasteiger partial charge < -0.3 is 15.0 Å². The van der Waals surface area contributed by atoms with E-state index >= 15 is 0 Å². The average molecular weight is 641 g/mol. The van der Waals surface area contributed by atoms with Gasteiger partial charge in [-0.2, -0.15) is 17.5 Å². The van der Waals surface area contributed by atoms with E-state index in [9.17, 15) is 39.6 Å². The zero-order valence-electron chi connectivity index (χ0n) is 22.4. The van der Waals surface area contributed by atoms with Gasteiger partial charge in [-0.3, -0.25) is 9.78 Å². The molecule has 1 amide bonds. The summed E-state index contributed by atoms with van der Waals surface area (Å²) in [7, 11) is -4.45. The van der Waals surface area contributed by atoms with Crippen molar-refractivity contribution in [3.05, 3.63) is 84.3 Å². The third-order valence-electron chi connectivity index (χ3n) is 6.70. The molecule has 3 heterocycles. The van der Waals surface area contributed by atoms with Gasteiger partial charge in [-0.15, -0.1) is 13.2 Å². The van der Waals surface area contributed by atoms with Crippen LogP contribution in [0.5, 0.6) is 5.75 Å². The Kier molecular flexibility index (Phi) is 8.35. The number of piperazine rings is 1. The first kappa shape index (κ1) is 30.9. The third-order valence-corrected chi connectivity index (χ3v) is 8.62. The van der Waals surface area contributed by atoms with Gasteiger partial charge in [0, 0.05) is 32.4 Å². The Morgan fingerprint density at radius 2 is 1.64 bits per heavy atom. The summed E-state index contributed by atoms with van der Waals surface area (Å²) >= 11 is 0. The first-order valence-electron chi connectivity index (χ1n) is 12.8. The highest BCUT2D eigenvalue weighted by Gasteiger charge is 2.41. The fourth-order valence-electron chi connectivity index (χ4n) is 4.55. The summed E-state index contributed by atoms with van der Waals surface area (Å²) in [6, 6.07) is 7.92. The van der Waals surface area contributed by atoms with Gasteiger partial charge in [-0.05, 0) is 48.0 Å². The predicted octanol–water partition coefficient (Wildman–Crippen LogP) is 4.14. The van der Waals surface area contributed by atoms with Crippen LogP contribution in [-0.4, -0.2) is 65.6 Å². The van der Waals surface area contributed by atoms with Gasteiger partial charge in [0.15, 0.2) is 0 Å². The molecule has 0 bridgehead atoms. The number of nitrogens with zero attached hydrogens (tertiary/aromatic N) is 5. The Bertz CT molecular complexity index is 1750. The number of pyridine rings is 1. The Labute approximate surface area is 246 Å². The van der Waals surface area contributed by atoms with E-state index in [2.05, 4.69) is 25.0 Å². The monoisotopic (exact) mass is 640 g/mol. The van der Waals surface area contributed by atoms with Gasteiger partial charge in [-0.1, -0.05) is 12.1 Å². The van der Waals surface area contributed by atoms with Crippen LogP contribution >= 0.6 is 0 Å². The average Bonchev–Trinajstić information content (AvgIpc) is 2.99. The van der Waals surface area contributed by atoms with Crippen LogP contribution in [0.15, 0.2) is 78.1 Å². The lowest BCUT2D eigenvalue weighted by molar-refractivity contribution is -0.274. The molecule has 0 radical (unpaired) electrons. The lowest BCUT2D eigenvalue weighted by Gasteiger charge is -2.40. The minimum atomic E-state index is -4.88. The van der Waals surface area contributed by atoms with E-state index < -0.39 is 50.7 Å². The molecule has 10 nitrogen and oxygen atoms in total. The zero-order chi connectivity index (χ0) is 31.7. The lowest BCUT2D eigenvalue weighted by atomic mass is 10.1. The van der Waals surface area contributed by atoms with Crippen LogP contribution < -0.4 is 15.0 Å². The van der Waals surface area contributed by atoms with Crippen LogP contribution in [0.1, 0.15) is 11.1 Å². The number of benzene rings is 2. The van der Waals surface area contributed by atoms with E-state index in [1.54, 1.807) is 11.0 Å². The number of rotatable bonds is 7. The van der Waals surface area contributed by atoms with Gasteiger partial charge in [0.1, 0.15) is 23.1 Å². The van der Waals surface area contributed by atoms with Crippen molar-refractivity contribution in [1.29, 1.82) is 0 Å². The zero-order valence-corrected chi connectivity index (χ0v) is 23.2. The third kappa shape index (κ3) is 6.99. The molecular formula is C27H22F6N6O4S. The number of hydrogen-bond acceptors (Lipinski definition) is 8. The van der Waals surface area contributed by atoms with Crippen LogP contribution in [-0.2, 0) is 27.5 Å². The Balaban J connectivity index is 1.39. The maximum absolute atomic E-state index is 13.6. The largest absolute Gasteiger partial charge is 0.573 e. The number of aromatic nitrogens is 3. The number of alkyl halides is 6. The molecule has 232 valence electrons. The van der Waals surface area contributed by atoms with Crippen molar-refractivity contribution >= 4 is 32.8 Å². The van der Waals surface area contributed by atoms with Crippen molar-refractivity contribution < 1.29 is 44.3 Å². The Morgan fingerprint density at radius 3 is 2.30 bits per heavy atom. The fraction of sp³-hybridized carbons (Fsp3) is 0.259.